The molecule has 2 aliphatic carbocycles. The Morgan fingerprint density at radius 1 is 1.27 bits per heavy atom. The molecule has 2 saturated carbocycles. The third-order valence-electron chi connectivity index (χ3n) is 4.06. The van der Waals surface area contributed by atoms with E-state index in [0.29, 0.717) is 11.6 Å². The molecule has 0 aromatic heterocycles. The zero-order valence-corrected chi connectivity index (χ0v) is 9.80. The van der Waals surface area contributed by atoms with Crippen LogP contribution in [0.3, 0.4) is 0 Å². The molecule has 3 nitrogen and oxygen atoms in total. The number of rotatable bonds is 5. The number of ether oxygens (including phenoxy) is 1. The molecule has 0 amide bonds. The van der Waals surface area contributed by atoms with Gasteiger partial charge in [-0.15, -0.1) is 0 Å². The highest BCUT2D eigenvalue weighted by molar-refractivity contribution is 5.03. The van der Waals surface area contributed by atoms with E-state index in [1.807, 2.05) is 0 Å². The van der Waals surface area contributed by atoms with Crippen molar-refractivity contribution in [2.75, 3.05) is 20.3 Å². The fourth-order valence-electron chi connectivity index (χ4n) is 2.92. The largest absolute Gasteiger partial charge is 0.383 e. The Morgan fingerprint density at radius 2 is 1.93 bits per heavy atom. The smallest absolute Gasteiger partial charge is 0.0587 e. The van der Waals surface area contributed by atoms with Gasteiger partial charge in [-0.25, -0.2) is 0 Å². The first-order valence-electron chi connectivity index (χ1n) is 6.26. The van der Waals surface area contributed by atoms with Crippen LogP contribution in [0.1, 0.15) is 38.5 Å². The summed E-state index contributed by atoms with van der Waals surface area (Å²) in [6, 6.07) is 0.445. The van der Waals surface area contributed by atoms with Crippen LogP contribution in [-0.4, -0.2) is 31.8 Å². The van der Waals surface area contributed by atoms with Crippen molar-refractivity contribution in [3.05, 3.63) is 0 Å². The molecule has 0 saturated heterocycles. The van der Waals surface area contributed by atoms with E-state index in [4.69, 9.17) is 10.5 Å². The summed E-state index contributed by atoms with van der Waals surface area (Å²) in [5.74, 6) is 0.918. The molecule has 0 spiro atoms. The van der Waals surface area contributed by atoms with Crippen LogP contribution in [0, 0.1) is 5.92 Å². The maximum Gasteiger partial charge on any atom is 0.0587 e. The third-order valence-corrected chi connectivity index (χ3v) is 4.06. The lowest BCUT2D eigenvalue weighted by molar-refractivity contribution is 0.148. The van der Waals surface area contributed by atoms with E-state index < -0.39 is 0 Å². The Morgan fingerprint density at radius 3 is 2.47 bits per heavy atom. The SMILES string of the molecule is COCCNC1(C2CC2)CCC(N)CC1. The van der Waals surface area contributed by atoms with Crippen LogP contribution in [0.2, 0.25) is 0 Å². The molecule has 2 rings (SSSR count). The quantitative estimate of drug-likeness (QED) is 0.675. The maximum absolute atomic E-state index is 5.98. The van der Waals surface area contributed by atoms with Crippen LogP contribution in [0.4, 0.5) is 0 Å². The summed E-state index contributed by atoms with van der Waals surface area (Å²) in [6.07, 6.45) is 7.74. The zero-order valence-electron chi connectivity index (χ0n) is 9.80. The molecule has 15 heavy (non-hydrogen) atoms. The first kappa shape index (κ1) is 11.4. The van der Waals surface area contributed by atoms with Gasteiger partial charge in [0.05, 0.1) is 6.61 Å². The molecular formula is C12H24N2O. The summed E-state index contributed by atoms with van der Waals surface area (Å²) >= 11 is 0. The third kappa shape index (κ3) is 2.71. The van der Waals surface area contributed by atoms with Crippen molar-refractivity contribution in [1.82, 2.24) is 5.32 Å². The lowest BCUT2D eigenvalue weighted by Crippen LogP contribution is -2.52. The Balaban J connectivity index is 1.86. The predicted molar refractivity (Wildman–Crippen MR) is 61.8 cm³/mol. The van der Waals surface area contributed by atoms with Gasteiger partial charge in [0.15, 0.2) is 0 Å². The highest BCUT2D eigenvalue weighted by atomic mass is 16.5. The van der Waals surface area contributed by atoms with E-state index in [-0.39, 0.29) is 0 Å². The number of hydrogen-bond donors (Lipinski definition) is 2. The molecule has 0 radical (unpaired) electrons. The van der Waals surface area contributed by atoms with Crippen molar-refractivity contribution in [2.45, 2.75) is 50.1 Å². The van der Waals surface area contributed by atoms with Crippen LogP contribution in [0.15, 0.2) is 0 Å². The van der Waals surface area contributed by atoms with Gasteiger partial charge in [0, 0.05) is 25.2 Å². The number of nitrogens with two attached hydrogens (primary N) is 1. The van der Waals surface area contributed by atoms with E-state index in [1.165, 1.54) is 38.5 Å². The van der Waals surface area contributed by atoms with Crippen molar-refractivity contribution in [2.24, 2.45) is 11.7 Å². The molecule has 0 unspecified atom stereocenters. The molecule has 3 heteroatoms. The first-order valence-corrected chi connectivity index (χ1v) is 6.26. The van der Waals surface area contributed by atoms with E-state index in [2.05, 4.69) is 5.32 Å². The molecule has 88 valence electrons. The number of nitrogens with one attached hydrogen (secondary N) is 1. The summed E-state index contributed by atoms with van der Waals surface area (Å²) in [6.45, 7) is 1.81. The fourth-order valence-corrected chi connectivity index (χ4v) is 2.92. The average Bonchev–Trinajstić information content (AvgIpc) is 3.06. The van der Waals surface area contributed by atoms with Gasteiger partial charge in [-0.3, -0.25) is 0 Å². The van der Waals surface area contributed by atoms with Gasteiger partial charge in [-0.05, 0) is 44.4 Å². The van der Waals surface area contributed by atoms with Gasteiger partial charge in [0.2, 0.25) is 0 Å². The molecule has 0 aromatic rings. The second kappa shape index (κ2) is 4.81. The Labute approximate surface area is 92.7 Å². The van der Waals surface area contributed by atoms with Crippen molar-refractivity contribution in [1.29, 1.82) is 0 Å². The van der Waals surface area contributed by atoms with Crippen LogP contribution < -0.4 is 11.1 Å². The number of methoxy groups -OCH3 is 1. The second-order valence-corrected chi connectivity index (χ2v) is 5.19. The van der Waals surface area contributed by atoms with Crippen LogP contribution >= 0.6 is 0 Å². The molecule has 0 aromatic carbocycles. The van der Waals surface area contributed by atoms with Crippen molar-refractivity contribution >= 4 is 0 Å². The minimum Gasteiger partial charge on any atom is -0.383 e. The van der Waals surface area contributed by atoms with Crippen molar-refractivity contribution in [3.8, 4) is 0 Å². The molecule has 0 atom stereocenters. The fraction of sp³-hybridized carbons (Fsp3) is 1.00. The summed E-state index contributed by atoms with van der Waals surface area (Å²) < 4.78 is 5.11. The summed E-state index contributed by atoms with van der Waals surface area (Å²) in [7, 11) is 1.77. The summed E-state index contributed by atoms with van der Waals surface area (Å²) in [5.41, 5.74) is 6.39. The molecular weight excluding hydrogens is 188 g/mol. The predicted octanol–water partition coefficient (Wildman–Crippen LogP) is 1.27. The Kier molecular flexibility index (Phi) is 3.65. The second-order valence-electron chi connectivity index (χ2n) is 5.19. The highest BCUT2D eigenvalue weighted by Crippen LogP contribution is 2.46. The highest BCUT2D eigenvalue weighted by Gasteiger charge is 2.45. The topological polar surface area (TPSA) is 47.3 Å². The molecule has 0 heterocycles. The Hall–Kier alpha value is -0.120. The normalized spacial score (nSPS) is 36.8. The van der Waals surface area contributed by atoms with Gasteiger partial charge in [-0.2, -0.15) is 0 Å². The van der Waals surface area contributed by atoms with Crippen molar-refractivity contribution in [3.63, 3.8) is 0 Å². The lowest BCUT2D eigenvalue weighted by Gasteiger charge is -2.41. The molecule has 2 fully saturated rings. The van der Waals surface area contributed by atoms with E-state index in [0.717, 1.165) is 19.1 Å². The summed E-state index contributed by atoms with van der Waals surface area (Å²) in [5, 5.41) is 3.74. The van der Waals surface area contributed by atoms with Crippen LogP contribution in [-0.2, 0) is 4.74 Å². The molecule has 0 aliphatic heterocycles. The van der Waals surface area contributed by atoms with Gasteiger partial charge in [-0.1, -0.05) is 0 Å². The lowest BCUT2D eigenvalue weighted by atomic mass is 9.76. The van der Waals surface area contributed by atoms with Gasteiger partial charge in [0.1, 0.15) is 0 Å². The standard InChI is InChI=1S/C12H24N2O/c1-15-9-8-14-12(10-2-3-10)6-4-11(13)5-7-12/h10-11,14H,2-9,13H2,1H3. The molecule has 2 aliphatic rings. The minimum atomic E-state index is 0.411. The van der Waals surface area contributed by atoms with Gasteiger partial charge < -0.3 is 15.8 Å². The monoisotopic (exact) mass is 212 g/mol. The van der Waals surface area contributed by atoms with Gasteiger partial charge in [0.25, 0.3) is 0 Å². The first-order chi connectivity index (χ1) is 7.27. The average molecular weight is 212 g/mol. The van der Waals surface area contributed by atoms with Crippen LogP contribution in [0.5, 0.6) is 0 Å². The van der Waals surface area contributed by atoms with Gasteiger partial charge >= 0.3 is 0 Å². The summed E-state index contributed by atoms with van der Waals surface area (Å²) in [4.78, 5) is 0. The molecule has 0 bridgehead atoms. The van der Waals surface area contributed by atoms with E-state index >= 15 is 0 Å². The van der Waals surface area contributed by atoms with Crippen molar-refractivity contribution < 1.29 is 4.74 Å². The molecule has 3 N–H and O–H groups in total. The van der Waals surface area contributed by atoms with E-state index in [1.54, 1.807) is 7.11 Å². The van der Waals surface area contributed by atoms with Crippen LogP contribution in [0.25, 0.3) is 0 Å². The Bertz CT molecular complexity index is 196. The maximum atomic E-state index is 5.98. The van der Waals surface area contributed by atoms with E-state index in [9.17, 15) is 0 Å². The zero-order chi connectivity index (χ0) is 10.7. The number of hydrogen-bond acceptors (Lipinski definition) is 3. The minimum absolute atomic E-state index is 0.411.